The van der Waals surface area contributed by atoms with E-state index in [2.05, 4.69) is 10.1 Å². The number of aromatic nitrogens is 3. The third kappa shape index (κ3) is 1.07. The number of fused-ring (bicyclic) bond motifs is 3. The van der Waals surface area contributed by atoms with Gasteiger partial charge in [0, 0.05) is 6.20 Å². The molecule has 3 aromatic heterocycles. The quantitative estimate of drug-likeness (QED) is 0.547. The average Bonchev–Trinajstić information content (AvgIpc) is 2.66. The molecule has 4 heteroatoms. The summed E-state index contributed by atoms with van der Waals surface area (Å²) in [6.07, 6.45) is 1.86. The van der Waals surface area contributed by atoms with Crippen LogP contribution in [0.5, 0.6) is 0 Å². The number of rotatable bonds is 0. The first-order chi connectivity index (χ1) is 7.38. The normalized spacial score (nSPS) is 10.6. The van der Waals surface area contributed by atoms with Crippen LogP contribution in [0.3, 0.4) is 0 Å². The Bertz CT molecular complexity index is 690. The van der Waals surface area contributed by atoms with E-state index in [0.717, 1.165) is 16.6 Å². The van der Waals surface area contributed by atoms with Crippen LogP contribution in [0.1, 0.15) is 5.69 Å². The highest BCUT2D eigenvalue weighted by molar-refractivity contribution is 5.90. The topological polar surface area (TPSA) is 54.0 Å². The zero-order valence-electron chi connectivity index (χ0n) is 7.75. The second-order valence-corrected chi connectivity index (χ2v) is 3.21. The third-order valence-electron chi connectivity index (χ3n) is 2.29. The number of hydrogen-bond donors (Lipinski definition) is 0. The van der Waals surface area contributed by atoms with Crippen LogP contribution in [0.15, 0.2) is 36.5 Å². The predicted octanol–water partition coefficient (Wildman–Crippen LogP) is 1.75. The van der Waals surface area contributed by atoms with Crippen molar-refractivity contribution in [2.24, 2.45) is 0 Å². The highest BCUT2D eigenvalue weighted by Crippen LogP contribution is 2.16. The van der Waals surface area contributed by atoms with Gasteiger partial charge in [0.1, 0.15) is 22.8 Å². The molecule has 0 aliphatic rings. The SMILES string of the molecule is N#Cc1ccc2nn3ccccc3c2n1. The minimum atomic E-state index is 0.418. The first kappa shape index (κ1) is 7.94. The Kier molecular flexibility index (Phi) is 1.48. The van der Waals surface area contributed by atoms with Crippen LogP contribution in [0, 0.1) is 11.3 Å². The fourth-order valence-corrected chi connectivity index (χ4v) is 1.61. The monoisotopic (exact) mass is 194 g/mol. The van der Waals surface area contributed by atoms with Gasteiger partial charge >= 0.3 is 0 Å². The predicted molar refractivity (Wildman–Crippen MR) is 55.2 cm³/mol. The Morgan fingerprint density at radius 2 is 2.13 bits per heavy atom. The molecule has 0 aromatic carbocycles. The van der Waals surface area contributed by atoms with E-state index in [0.29, 0.717) is 5.69 Å². The molecule has 0 aliphatic heterocycles. The van der Waals surface area contributed by atoms with Crippen molar-refractivity contribution in [3.8, 4) is 6.07 Å². The molecule has 15 heavy (non-hydrogen) atoms. The summed E-state index contributed by atoms with van der Waals surface area (Å²) in [6.45, 7) is 0. The number of hydrogen-bond acceptors (Lipinski definition) is 3. The lowest BCUT2D eigenvalue weighted by atomic mass is 10.3. The van der Waals surface area contributed by atoms with Gasteiger partial charge < -0.3 is 0 Å². The summed E-state index contributed by atoms with van der Waals surface area (Å²) in [4.78, 5) is 4.24. The van der Waals surface area contributed by atoms with Gasteiger partial charge in [0.2, 0.25) is 0 Å². The minimum Gasteiger partial charge on any atom is -0.238 e. The van der Waals surface area contributed by atoms with E-state index in [1.807, 2.05) is 36.5 Å². The Labute approximate surface area is 85.4 Å². The van der Waals surface area contributed by atoms with Crippen molar-refractivity contribution in [1.82, 2.24) is 14.6 Å². The maximum atomic E-state index is 8.77. The highest BCUT2D eigenvalue weighted by Gasteiger charge is 2.05. The maximum Gasteiger partial charge on any atom is 0.141 e. The summed E-state index contributed by atoms with van der Waals surface area (Å²) in [5.41, 5.74) is 2.92. The Balaban J connectivity index is 2.53. The summed E-state index contributed by atoms with van der Waals surface area (Å²) in [5, 5.41) is 13.1. The number of nitrogens with zero attached hydrogens (tertiary/aromatic N) is 4. The fourth-order valence-electron chi connectivity index (χ4n) is 1.61. The molecule has 0 amide bonds. The summed E-state index contributed by atoms with van der Waals surface area (Å²) >= 11 is 0. The fraction of sp³-hybridized carbons (Fsp3) is 0. The zero-order chi connectivity index (χ0) is 10.3. The summed E-state index contributed by atoms with van der Waals surface area (Å²) < 4.78 is 1.76. The van der Waals surface area contributed by atoms with Gasteiger partial charge in [0.15, 0.2) is 0 Å². The second kappa shape index (κ2) is 2.79. The van der Waals surface area contributed by atoms with E-state index < -0.39 is 0 Å². The molecule has 0 atom stereocenters. The third-order valence-corrected chi connectivity index (χ3v) is 2.29. The van der Waals surface area contributed by atoms with Crippen molar-refractivity contribution in [1.29, 1.82) is 5.26 Å². The van der Waals surface area contributed by atoms with E-state index in [9.17, 15) is 0 Å². The molecule has 3 heterocycles. The van der Waals surface area contributed by atoms with Crippen molar-refractivity contribution < 1.29 is 0 Å². The van der Waals surface area contributed by atoms with Crippen molar-refractivity contribution in [3.63, 3.8) is 0 Å². The van der Waals surface area contributed by atoms with Gasteiger partial charge in [-0.25, -0.2) is 9.50 Å². The van der Waals surface area contributed by atoms with E-state index in [4.69, 9.17) is 5.26 Å². The summed E-state index contributed by atoms with van der Waals surface area (Å²) in [7, 11) is 0. The van der Waals surface area contributed by atoms with Gasteiger partial charge in [0.05, 0.1) is 5.52 Å². The molecule has 4 nitrogen and oxygen atoms in total. The van der Waals surface area contributed by atoms with Crippen LogP contribution >= 0.6 is 0 Å². The van der Waals surface area contributed by atoms with Gasteiger partial charge in [-0.15, -0.1) is 0 Å². The van der Waals surface area contributed by atoms with Crippen molar-refractivity contribution in [3.05, 3.63) is 42.2 Å². The van der Waals surface area contributed by atoms with E-state index in [1.54, 1.807) is 10.6 Å². The maximum absolute atomic E-state index is 8.77. The molecular weight excluding hydrogens is 188 g/mol. The molecule has 0 N–H and O–H groups in total. The highest BCUT2D eigenvalue weighted by atomic mass is 15.2. The lowest BCUT2D eigenvalue weighted by Gasteiger charge is -1.90. The molecule has 70 valence electrons. The molecule has 0 saturated carbocycles. The van der Waals surface area contributed by atoms with Gasteiger partial charge in [-0.3, -0.25) is 0 Å². The lowest BCUT2D eigenvalue weighted by molar-refractivity contribution is 0.982. The smallest absolute Gasteiger partial charge is 0.141 e. The molecule has 0 radical (unpaired) electrons. The largest absolute Gasteiger partial charge is 0.238 e. The molecule has 0 unspecified atom stereocenters. The summed E-state index contributed by atoms with van der Waals surface area (Å²) in [6, 6.07) is 11.3. The second-order valence-electron chi connectivity index (χ2n) is 3.21. The molecular formula is C11H6N4. The Hall–Kier alpha value is -2.41. The van der Waals surface area contributed by atoms with Crippen LogP contribution in [-0.4, -0.2) is 14.6 Å². The van der Waals surface area contributed by atoms with Crippen molar-refractivity contribution in [2.75, 3.05) is 0 Å². The molecule has 0 spiro atoms. The molecule has 3 aromatic rings. The molecule has 3 rings (SSSR count). The van der Waals surface area contributed by atoms with E-state index >= 15 is 0 Å². The van der Waals surface area contributed by atoms with Crippen LogP contribution < -0.4 is 0 Å². The molecule has 0 saturated heterocycles. The van der Waals surface area contributed by atoms with E-state index in [1.165, 1.54) is 0 Å². The summed E-state index contributed by atoms with van der Waals surface area (Å²) in [5.74, 6) is 0. The van der Waals surface area contributed by atoms with Crippen molar-refractivity contribution in [2.45, 2.75) is 0 Å². The molecule has 0 fully saturated rings. The van der Waals surface area contributed by atoms with Crippen LogP contribution in [0.4, 0.5) is 0 Å². The van der Waals surface area contributed by atoms with Crippen LogP contribution in [0.2, 0.25) is 0 Å². The van der Waals surface area contributed by atoms with Crippen LogP contribution in [0.25, 0.3) is 16.6 Å². The lowest BCUT2D eigenvalue weighted by Crippen LogP contribution is -1.82. The van der Waals surface area contributed by atoms with E-state index in [-0.39, 0.29) is 0 Å². The first-order valence-electron chi connectivity index (χ1n) is 4.53. The zero-order valence-corrected chi connectivity index (χ0v) is 7.75. The van der Waals surface area contributed by atoms with Gasteiger partial charge in [-0.2, -0.15) is 10.4 Å². The first-order valence-corrected chi connectivity index (χ1v) is 4.53. The Morgan fingerprint density at radius 1 is 1.20 bits per heavy atom. The molecule has 0 bridgehead atoms. The van der Waals surface area contributed by atoms with Gasteiger partial charge in [0.25, 0.3) is 0 Å². The standard InChI is InChI=1S/C11H6N4/c12-7-8-4-5-9-11(13-8)10-3-1-2-6-15(10)14-9/h1-6H. The van der Waals surface area contributed by atoms with Crippen molar-refractivity contribution >= 4 is 16.6 Å². The van der Waals surface area contributed by atoms with Gasteiger partial charge in [-0.05, 0) is 24.3 Å². The van der Waals surface area contributed by atoms with Gasteiger partial charge in [-0.1, -0.05) is 6.07 Å². The average molecular weight is 194 g/mol. The Morgan fingerprint density at radius 3 is 3.00 bits per heavy atom. The van der Waals surface area contributed by atoms with Crippen LogP contribution in [-0.2, 0) is 0 Å². The minimum absolute atomic E-state index is 0.418. The molecule has 0 aliphatic carbocycles. The number of pyridine rings is 2. The number of nitriles is 1.